The predicted molar refractivity (Wildman–Crippen MR) is 109 cm³/mol. The summed E-state index contributed by atoms with van der Waals surface area (Å²) in [5.41, 5.74) is 2.06. The number of carbonyl (C=O) groups is 2. The fourth-order valence-electron chi connectivity index (χ4n) is 4.80. The van der Waals surface area contributed by atoms with E-state index >= 15 is 0 Å². The largest absolute Gasteiger partial charge is 0.351 e. The Bertz CT molecular complexity index is 691. The average molecular weight is 385 g/mol. The van der Waals surface area contributed by atoms with Gasteiger partial charge in [0.05, 0.1) is 6.04 Å². The highest BCUT2D eigenvalue weighted by Gasteiger charge is 2.41. The molecular weight excluding hydrogens is 352 g/mol. The van der Waals surface area contributed by atoms with Crippen LogP contribution in [-0.2, 0) is 11.3 Å². The van der Waals surface area contributed by atoms with E-state index in [1.807, 2.05) is 29.2 Å². The number of piperidine rings is 2. The number of hydrogen-bond donors (Lipinski definition) is 3. The molecule has 28 heavy (non-hydrogen) atoms. The van der Waals surface area contributed by atoms with Crippen LogP contribution in [-0.4, -0.2) is 55.5 Å². The first-order chi connectivity index (χ1) is 13.7. The third kappa shape index (κ3) is 4.39. The molecule has 0 aromatic heterocycles. The zero-order valence-corrected chi connectivity index (χ0v) is 16.6. The topological polar surface area (TPSA) is 73.5 Å². The van der Waals surface area contributed by atoms with Crippen LogP contribution in [0.25, 0.3) is 0 Å². The molecule has 0 saturated carbocycles. The van der Waals surface area contributed by atoms with Gasteiger partial charge in [-0.15, -0.1) is 0 Å². The molecule has 152 valence electrons. The van der Waals surface area contributed by atoms with Crippen molar-refractivity contribution in [2.75, 3.05) is 32.7 Å². The van der Waals surface area contributed by atoms with Crippen molar-refractivity contribution < 1.29 is 9.59 Å². The van der Waals surface area contributed by atoms with Gasteiger partial charge < -0.3 is 20.9 Å². The summed E-state index contributed by atoms with van der Waals surface area (Å²) in [6.45, 7) is 5.28. The molecule has 1 aromatic rings. The Kier molecular flexibility index (Phi) is 5.97. The van der Waals surface area contributed by atoms with Gasteiger partial charge in [0.25, 0.3) is 5.91 Å². The van der Waals surface area contributed by atoms with Crippen molar-refractivity contribution in [2.24, 2.45) is 5.41 Å². The van der Waals surface area contributed by atoms with Crippen LogP contribution >= 0.6 is 0 Å². The second-order valence-corrected chi connectivity index (χ2v) is 8.66. The van der Waals surface area contributed by atoms with Crippen molar-refractivity contribution >= 4 is 11.8 Å². The summed E-state index contributed by atoms with van der Waals surface area (Å²) in [6, 6.07) is 7.59. The van der Waals surface area contributed by atoms with E-state index in [1.165, 1.54) is 6.42 Å². The molecular formula is C22H32N4O2. The smallest absolute Gasteiger partial charge is 0.253 e. The molecule has 3 fully saturated rings. The van der Waals surface area contributed by atoms with Crippen molar-refractivity contribution in [1.29, 1.82) is 0 Å². The number of nitrogens with one attached hydrogen (secondary N) is 3. The lowest BCUT2D eigenvalue weighted by molar-refractivity contribution is -0.123. The van der Waals surface area contributed by atoms with Gasteiger partial charge in [-0.2, -0.15) is 0 Å². The van der Waals surface area contributed by atoms with Crippen molar-refractivity contribution in [1.82, 2.24) is 20.9 Å². The fraction of sp³-hybridized carbons (Fsp3) is 0.636. The normalized spacial score (nSPS) is 24.3. The number of carbonyl (C=O) groups excluding carboxylic acids is 2. The maximum absolute atomic E-state index is 12.6. The predicted octanol–water partition coefficient (Wildman–Crippen LogP) is 1.66. The number of rotatable bonds is 4. The summed E-state index contributed by atoms with van der Waals surface area (Å²) in [4.78, 5) is 27.1. The Morgan fingerprint density at radius 2 is 1.79 bits per heavy atom. The third-order valence-corrected chi connectivity index (χ3v) is 6.65. The molecule has 3 aliphatic rings. The van der Waals surface area contributed by atoms with E-state index in [0.717, 1.165) is 76.0 Å². The van der Waals surface area contributed by atoms with Gasteiger partial charge in [0, 0.05) is 31.7 Å². The lowest BCUT2D eigenvalue weighted by Crippen LogP contribution is -2.40. The van der Waals surface area contributed by atoms with Crippen LogP contribution in [0.4, 0.5) is 0 Å². The summed E-state index contributed by atoms with van der Waals surface area (Å²) in [5, 5.41) is 9.89. The van der Waals surface area contributed by atoms with Crippen molar-refractivity contribution in [2.45, 2.75) is 51.1 Å². The minimum Gasteiger partial charge on any atom is -0.351 e. The number of amides is 2. The highest BCUT2D eigenvalue weighted by molar-refractivity contribution is 5.94. The Morgan fingerprint density at radius 3 is 2.50 bits per heavy atom. The Morgan fingerprint density at radius 1 is 1.07 bits per heavy atom. The van der Waals surface area contributed by atoms with Crippen LogP contribution in [0.3, 0.4) is 0 Å². The summed E-state index contributed by atoms with van der Waals surface area (Å²) in [7, 11) is 0. The highest BCUT2D eigenvalue weighted by Crippen LogP contribution is 2.37. The Balaban J connectivity index is 1.26. The van der Waals surface area contributed by atoms with Crippen LogP contribution in [0.1, 0.15) is 54.4 Å². The summed E-state index contributed by atoms with van der Waals surface area (Å²) in [5.74, 6) is 0.210. The van der Waals surface area contributed by atoms with Crippen LogP contribution in [0, 0.1) is 5.41 Å². The second kappa shape index (κ2) is 8.62. The standard InChI is InChI=1S/C22H32N4O2/c27-20(19-14-22(16-25-19)8-10-23-11-9-22)24-15-17-4-6-18(7-5-17)21(28)26-12-2-1-3-13-26/h4-7,19,23,25H,1-3,8-16H2,(H,24,27)/t19-/m1/s1. The van der Waals surface area contributed by atoms with Crippen LogP contribution in [0.15, 0.2) is 24.3 Å². The maximum atomic E-state index is 12.6. The van der Waals surface area contributed by atoms with Gasteiger partial charge in [-0.1, -0.05) is 12.1 Å². The van der Waals surface area contributed by atoms with Crippen molar-refractivity contribution in [3.8, 4) is 0 Å². The molecule has 6 nitrogen and oxygen atoms in total. The maximum Gasteiger partial charge on any atom is 0.253 e. The van der Waals surface area contributed by atoms with Crippen molar-refractivity contribution in [3.63, 3.8) is 0 Å². The number of nitrogens with zero attached hydrogens (tertiary/aromatic N) is 1. The average Bonchev–Trinajstić information content (AvgIpc) is 3.16. The molecule has 1 aromatic carbocycles. The van der Waals surface area contributed by atoms with Crippen LogP contribution < -0.4 is 16.0 Å². The zero-order valence-electron chi connectivity index (χ0n) is 16.6. The molecule has 3 aliphatic heterocycles. The lowest BCUT2D eigenvalue weighted by Gasteiger charge is -2.33. The first-order valence-electron chi connectivity index (χ1n) is 10.8. The van der Waals surface area contributed by atoms with Gasteiger partial charge in [-0.3, -0.25) is 9.59 Å². The fourth-order valence-corrected chi connectivity index (χ4v) is 4.80. The molecule has 3 N–H and O–H groups in total. The third-order valence-electron chi connectivity index (χ3n) is 6.65. The molecule has 2 amide bonds. The lowest BCUT2D eigenvalue weighted by atomic mass is 9.77. The molecule has 3 heterocycles. The zero-order chi connectivity index (χ0) is 19.4. The Hall–Kier alpha value is -1.92. The number of likely N-dealkylation sites (tertiary alicyclic amines) is 1. The molecule has 6 heteroatoms. The summed E-state index contributed by atoms with van der Waals surface area (Å²) >= 11 is 0. The van der Waals surface area contributed by atoms with Gasteiger partial charge in [-0.25, -0.2) is 0 Å². The molecule has 0 radical (unpaired) electrons. The van der Waals surface area contributed by atoms with Gasteiger partial charge in [0.15, 0.2) is 0 Å². The molecule has 0 bridgehead atoms. The van der Waals surface area contributed by atoms with E-state index in [0.29, 0.717) is 12.0 Å². The van der Waals surface area contributed by atoms with Crippen LogP contribution in [0.2, 0.25) is 0 Å². The van der Waals surface area contributed by atoms with Crippen molar-refractivity contribution in [3.05, 3.63) is 35.4 Å². The first-order valence-corrected chi connectivity index (χ1v) is 10.8. The molecule has 3 saturated heterocycles. The molecule has 1 atom stereocenters. The second-order valence-electron chi connectivity index (χ2n) is 8.66. The summed E-state index contributed by atoms with van der Waals surface area (Å²) in [6.07, 6.45) is 6.65. The minimum absolute atomic E-state index is 0.0851. The minimum atomic E-state index is -0.0851. The molecule has 0 unspecified atom stereocenters. The van der Waals surface area contributed by atoms with E-state index in [9.17, 15) is 9.59 Å². The van der Waals surface area contributed by atoms with Gasteiger partial charge in [0.2, 0.25) is 5.91 Å². The summed E-state index contributed by atoms with van der Waals surface area (Å²) < 4.78 is 0. The van der Waals surface area contributed by atoms with Gasteiger partial charge in [-0.05, 0) is 74.7 Å². The quantitative estimate of drug-likeness (QED) is 0.738. The number of hydrogen-bond acceptors (Lipinski definition) is 4. The van der Waals surface area contributed by atoms with Gasteiger partial charge in [0.1, 0.15) is 0 Å². The monoisotopic (exact) mass is 384 g/mol. The number of benzene rings is 1. The highest BCUT2D eigenvalue weighted by atomic mass is 16.2. The van der Waals surface area contributed by atoms with E-state index in [4.69, 9.17) is 0 Å². The van der Waals surface area contributed by atoms with E-state index in [2.05, 4.69) is 16.0 Å². The van der Waals surface area contributed by atoms with Crippen LogP contribution in [0.5, 0.6) is 0 Å². The van der Waals surface area contributed by atoms with Gasteiger partial charge >= 0.3 is 0 Å². The molecule has 1 spiro atoms. The first kappa shape index (κ1) is 19.4. The molecule has 4 rings (SSSR count). The van der Waals surface area contributed by atoms with E-state index in [-0.39, 0.29) is 17.9 Å². The van der Waals surface area contributed by atoms with E-state index < -0.39 is 0 Å². The Labute approximate surface area is 167 Å². The molecule has 0 aliphatic carbocycles. The SMILES string of the molecule is O=C(NCc1ccc(C(=O)N2CCCCC2)cc1)[C@H]1CC2(CCNCC2)CN1. The van der Waals surface area contributed by atoms with E-state index in [1.54, 1.807) is 0 Å².